The molecule has 0 spiro atoms. The lowest BCUT2D eigenvalue weighted by molar-refractivity contribution is 0.510. The van der Waals surface area contributed by atoms with Crippen molar-refractivity contribution in [2.75, 3.05) is 0 Å². The van der Waals surface area contributed by atoms with Crippen LogP contribution in [0.2, 0.25) is 0 Å². The van der Waals surface area contributed by atoms with E-state index >= 15 is 0 Å². The Morgan fingerprint density at radius 1 is 0.793 bits per heavy atom. The van der Waals surface area contributed by atoms with E-state index in [0.29, 0.717) is 5.76 Å². The van der Waals surface area contributed by atoms with Crippen molar-refractivity contribution in [1.29, 1.82) is 0 Å². The van der Waals surface area contributed by atoms with Gasteiger partial charge in [0.1, 0.15) is 11.5 Å². The third-order valence-corrected chi connectivity index (χ3v) is 4.85. The summed E-state index contributed by atoms with van der Waals surface area (Å²) in [5.74, 6) is 1.46. The number of ether oxygens (including phenoxy) is 1. The van der Waals surface area contributed by atoms with E-state index < -0.39 is 0 Å². The Morgan fingerprint density at radius 3 is 2.28 bits per heavy atom. The molecule has 142 valence electrons. The summed E-state index contributed by atoms with van der Waals surface area (Å²) in [5, 5.41) is 0. The standard InChI is InChI=1S/C26H22N2O/c1-3-20-7-4-5-9-26(20)29-19(2)23-15-24(21-10-13-27-14-11-21)17-25(16-23)22-8-6-12-28-18-22/h4-18H,2-3H2,1H3. The van der Waals surface area contributed by atoms with Crippen LogP contribution in [-0.4, -0.2) is 9.97 Å². The van der Waals surface area contributed by atoms with E-state index in [-0.39, 0.29) is 0 Å². The number of pyridine rings is 2. The molecule has 4 rings (SSSR count). The van der Waals surface area contributed by atoms with Crippen molar-refractivity contribution in [2.24, 2.45) is 0 Å². The lowest BCUT2D eigenvalue weighted by Crippen LogP contribution is -1.98. The van der Waals surface area contributed by atoms with E-state index in [2.05, 4.69) is 53.8 Å². The molecule has 2 aromatic carbocycles. The van der Waals surface area contributed by atoms with Crippen molar-refractivity contribution >= 4 is 5.76 Å². The van der Waals surface area contributed by atoms with Crippen LogP contribution in [0.4, 0.5) is 0 Å². The first kappa shape index (κ1) is 18.6. The fourth-order valence-corrected chi connectivity index (χ4v) is 3.29. The maximum Gasteiger partial charge on any atom is 0.130 e. The number of nitrogens with zero attached hydrogens (tertiary/aromatic N) is 2. The van der Waals surface area contributed by atoms with Crippen molar-refractivity contribution in [3.05, 3.63) is 109 Å². The maximum atomic E-state index is 6.18. The largest absolute Gasteiger partial charge is 0.457 e. The topological polar surface area (TPSA) is 35.0 Å². The first-order chi connectivity index (χ1) is 14.2. The van der Waals surface area contributed by atoms with Gasteiger partial charge in [0.25, 0.3) is 0 Å². The fraction of sp³-hybridized carbons (Fsp3) is 0.0769. The Bertz CT molecular complexity index is 1060. The van der Waals surface area contributed by atoms with Gasteiger partial charge in [-0.25, -0.2) is 0 Å². The zero-order valence-corrected chi connectivity index (χ0v) is 16.4. The predicted octanol–water partition coefficient (Wildman–Crippen LogP) is 6.42. The average Bonchev–Trinajstić information content (AvgIpc) is 2.80. The molecule has 0 atom stereocenters. The van der Waals surface area contributed by atoms with E-state index in [1.807, 2.05) is 42.6 Å². The Labute approximate surface area is 171 Å². The molecule has 0 radical (unpaired) electrons. The van der Waals surface area contributed by atoms with Gasteiger partial charge in [-0.1, -0.05) is 37.8 Å². The number of hydrogen-bond acceptors (Lipinski definition) is 3. The van der Waals surface area contributed by atoms with Crippen LogP contribution in [0.3, 0.4) is 0 Å². The van der Waals surface area contributed by atoms with Crippen LogP contribution < -0.4 is 4.74 Å². The Hall–Kier alpha value is -3.72. The van der Waals surface area contributed by atoms with Gasteiger partial charge in [-0.3, -0.25) is 9.97 Å². The SMILES string of the molecule is C=C(Oc1ccccc1CC)c1cc(-c2ccncc2)cc(-c2cccnc2)c1. The van der Waals surface area contributed by atoms with Crippen LogP contribution in [0, 0.1) is 0 Å². The molecule has 0 saturated heterocycles. The molecule has 0 aliphatic carbocycles. The minimum absolute atomic E-state index is 0.618. The number of benzene rings is 2. The van der Waals surface area contributed by atoms with Gasteiger partial charge >= 0.3 is 0 Å². The van der Waals surface area contributed by atoms with E-state index in [9.17, 15) is 0 Å². The summed E-state index contributed by atoms with van der Waals surface area (Å²) in [6.45, 7) is 6.34. The zero-order chi connectivity index (χ0) is 20.1. The number of aromatic nitrogens is 2. The highest BCUT2D eigenvalue weighted by atomic mass is 16.5. The summed E-state index contributed by atoms with van der Waals surface area (Å²) in [5.41, 5.74) is 6.38. The lowest BCUT2D eigenvalue weighted by Gasteiger charge is -2.15. The normalized spacial score (nSPS) is 10.5. The quantitative estimate of drug-likeness (QED) is 0.363. The summed E-state index contributed by atoms with van der Waals surface area (Å²) in [6.07, 6.45) is 8.15. The van der Waals surface area contributed by atoms with Gasteiger partial charge in [0.2, 0.25) is 0 Å². The van der Waals surface area contributed by atoms with E-state index in [4.69, 9.17) is 4.74 Å². The smallest absolute Gasteiger partial charge is 0.130 e. The molecule has 3 nitrogen and oxygen atoms in total. The maximum absolute atomic E-state index is 6.18. The van der Waals surface area contributed by atoms with Gasteiger partial charge in [0.05, 0.1) is 0 Å². The number of aryl methyl sites for hydroxylation is 1. The Kier molecular flexibility index (Phi) is 5.48. The number of para-hydroxylation sites is 1. The second kappa shape index (κ2) is 8.53. The molecule has 4 aromatic rings. The highest BCUT2D eigenvalue weighted by molar-refractivity contribution is 5.78. The molecule has 3 heteroatoms. The summed E-state index contributed by atoms with van der Waals surface area (Å²) in [4.78, 5) is 8.40. The van der Waals surface area contributed by atoms with Crippen LogP contribution in [-0.2, 0) is 6.42 Å². The molecule has 0 aliphatic heterocycles. The molecule has 0 aliphatic rings. The van der Waals surface area contributed by atoms with E-state index in [1.54, 1.807) is 18.6 Å². The third kappa shape index (κ3) is 4.25. The second-order valence-electron chi connectivity index (χ2n) is 6.76. The summed E-state index contributed by atoms with van der Waals surface area (Å²) in [6, 6.07) is 22.4. The van der Waals surface area contributed by atoms with Crippen molar-refractivity contribution in [1.82, 2.24) is 9.97 Å². The molecule has 2 aromatic heterocycles. The first-order valence-electron chi connectivity index (χ1n) is 9.65. The zero-order valence-electron chi connectivity index (χ0n) is 16.4. The van der Waals surface area contributed by atoms with Gasteiger partial charge < -0.3 is 4.74 Å². The molecule has 0 unspecified atom stereocenters. The summed E-state index contributed by atoms with van der Waals surface area (Å²) in [7, 11) is 0. The first-order valence-corrected chi connectivity index (χ1v) is 9.65. The monoisotopic (exact) mass is 378 g/mol. The fourth-order valence-electron chi connectivity index (χ4n) is 3.29. The summed E-state index contributed by atoms with van der Waals surface area (Å²) >= 11 is 0. The Balaban J connectivity index is 1.77. The molecule has 29 heavy (non-hydrogen) atoms. The van der Waals surface area contributed by atoms with Crippen LogP contribution in [0.5, 0.6) is 5.75 Å². The molecule has 0 fully saturated rings. The molecular formula is C26H22N2O. The van der Waals surface area contributed by atoms with Gasteiger partial charge in [-0.05, 0) is 71.1 Å². The van der Waals surface area contributed by atoms with Crippen LogP contribution >= 0.6 is 0 Å². The van der Waals surface area contributed by atoms with Crippen molar-refractivity contribution in [2.45, 2.75) is 13.3 Å². The van der Waals surface area contributed by atoms with Crippen molar-refractivity contribution < 1.29 is 4.74 Å². The molecular weight excluding hydrogens is 356 g/mol. The third-order valence-electron chi connectivity index (χ3n) is 4.85. The van der Waals surface area contributed by atoms with Crippen molar-refractivity contribution in [3.63, 3.8) is 0 Å². The van der Waals surface area contributed by atoms with Crippen LogP contribution in [0.1, 0.15) is 18.1 Å². The number of rotatable bonds is 6. The molecule has 0 saturated carbocycles. The lowest BCUT2D eigenvalue weighted by atomic mass is 9.97. The molecule has 0 bridgehead atoms. The minimum Gasteiger partial charge on any atom is -0.457 e. The van der Waals surface area contributed by atoms with Gasteiger partial charge in [-0.15, -0.1) is 0 Å². The second-order valence-corrected chi connectivity index (χ2v) is 6.76. The molecule has 0 amide bonds. The highest BCUT2D eigenvalue weighted by Gasteiger charge is 2.11. The van der Waals surface area contributed by atoms with Crippen molar-refractivity contribution in [3.8, 4) is 28.0 Å². The van der Waals surface area contributed by atoms with E-state index in [0.717, 1.165) is 45.6 Å². The minimum atomic E-state index is 0.618. The molecule has 2 heterocycles. The number of hydrogen-bond donors (Lipinski definition) is 0. The highest BCUT2D eigenvalue weighted by Crippen LogP contribution is 2.32. The van der Waals surface area contributed by atoms with Crippen LogP contribution in [0.25, 0.3) is 28.0 Å². The predicted molar refractivity (Wildman–Crippen MR) is 118 cm³/mol. The van der Waals surface area contributed by atoms with Gasteiger partial charge in [0, 0.05) is 35.9 Å². The van der Waals surface area contributed by atoms with Crippen LogP contribution in [0.15, 0.2) is 98.1 Å². The summed E-state index contributed by atoms with van der Waals surface area (Å²) < 4.78 is 6.18. The van der Waals surface area contributed by atoms with Gasteiger partial charge in [0.15, 0.2) is 0 Å². The Morgan fingerprint density at radius 2 is 1.55 bits per heavy atom. The molecule has 0 N–H and O–H groups in total. The van der Waals surface area contributed by atoms with Gasteiger partial charge in [-0.2, -0.15) is 0 Å². The average molecular weight is 378 g/mol. The van der Waals surface area contributed by atoms with E-state index in [1.165, 1.54) is 0 Å².